The van der Waals surface area contributed by atoms with Crippen molar-refractivity contribution >= 4 is 11.0 Å². The maximum Gasteiger partial charge on any atom is 0.148 e. The van der Waals surface area contributed by atoms with Gasteiger partial charge in [-0.2, -0.15) is 0 Å². The van der Waals surface area contributed by atoms with E-state index in [2.05, 4.69) is 66.7 Å². The van der Waals surface area contributed by atoms with Gasteiger partial charge in [-0.25, -0.2) is 4.98 Å². The van der Waals surface area contributed by atoms with Crippen LogP contribution in [-0.4, -0.2) is 19.6 Å². The number of fused-ring (bicyclic) bond motifs is 1. The van der Waals surface area contributed by atoms with Crippen LogP contribution in [0.5, 0.6) is 5.75 Å². The molecule has 0 saturated heterocycles. The normalized spacial score (nSPS) is 13.8. The van der Waals surface area contributed by atoms with Gasteiger partial charge in [0.25, 0.3) is 0 Å². The Hall–Kier alpha value is -5.57. The Morgan fingerprint density at radius 2 is 1.33 bits per heavy atom. The van der Waals surface area contributed by atoms with Crippen LogP contribution in [-0.2, 0) is 31.9 Å². The molecule has 2 aromatic heterocycles. The predicted molar refractivity (Wildman–Crippen MR) is 224 cm³/mol. The van der Waals surface area contributed by atoms with Crippen molar-refractivity contribution in [1.82, 2.24) is 14.5 Å². The third kappa shape index (κ3) is 7.44. The second-order valence-corrected chi connectivity index (χ2v) is 15.5. The van der Waals surface area contributed by atoms with Gasteiger partial charge in [-0.05, 0) is 69.5 Å². The van der Waals surface area contributed by atoms with E-state index >= 15 is 0 Å². The number of imidazole rings is 1. The molecule has 0 saturated carbocycles. The fourth-order valence-electron chi connectivity index (χ4n) is 6.67. The summed E-state index contributed by atoms with van der Waals surface area (Å²) in [5, 5.41) is 11.4. The van der Waals surface area contributed by atoms with Gasteiger partial charge in [0.2, 0.25) is 0 Å². The van der Waals surface area contributed by atoms with Crippen LogP contribution in [0.4, 0.5) is 0 Å². The Kier molecular flexibility index (Phi) is 7.82. The second-order valence-electron chi connectivity index (χ2n) is 15.5. The van der Waals surface area contributed by atoms with E-state index in [1.165, 1.54) is 0 Å². The van der Waals surface area contributed by atoms with E-state index in [0.29, 0.717) is 33.6 Å². The predicted octanol–water partition coefficient (Wildman–Crippen LogP) is 12.9. The summed E-state index contributed by atoms with van der Waals surface area (Å²) in [6, 6.07) is 33.0. The summed E-state index contributed by atoms with van der Waals surface area (Å²) in [5.74, 6) is 0.580. The number of rotatable bonds is 6. The molecule has 8 aromatic rings. The number of benzene rings is 6. The summed E-state index contributed by atoms with van der Waals surface area (Å²) in [7, 11) is 0. The minimum Gasteiger partial charge on any atom is -0.507 e. The summed E-state index contributed by atoms with van der Waals surface area (Å²) >= 11 is 0. The van der Waals surface area contributed by atoms with Crippen molar-refractivity contribution in [2.75, 3.05) is 0 Å². The average Bonchev–Trinajstić information content (AvgIpc) is 3.63. The molecule has 8 rings (SSSR count). The van der Waals surface area contributed by atoms with Crippen LogP contribution < -0.4 is 0 Å². The van der Waals surface area contributed by atoms with Gasteiger partial charge < -0.3 is 5.11 Å². The Balaban J connectivity index is 0.00000595. The Bertz CT molecular complexity index is 3070. The average molecular weight is 906 g/mol. The van der Waals surface area contributed by atoms with Crippen LogP contribution in [0.3, 0.4) is 0 Å². The van der Waals surface area contributed by atoms with Gasteiger partial charge in [-0.15, -0.1) is 29.3 Å². The van der Waals surface area contributed by atoms with Crippen molar-refractivity contribution in [1.29, 1.82) is 0 Å². The van der Waals surface area contributed by atoms with Gasteiger partial charge >= 0.3 is 0 Å². The maximum absolute atomic E-state index is 11.4. The maximum atomic E-state index is 11.4. The van der Waals surface area contributed by atoms with E-state index in [4.69, 9.17) is 14.6 Å². The first-order chi connectivity index (χ1) is 29.3. The van der Waals surface area contributed by atoms with Crippen LogP contribution in [0.2, 0.25) is 0 Å². The molecule has 0 aliphatic rings. The zero-order valence-corrected chi connectivity index (χ0v) is 33.7. The van der Waals surface area contributed by atoms with Gasteiger partial charge in [0.15, 0.2) is 0 Å². The molecule has 4 nitrogen and oxygen atoms in total. The molecule has 0 fully saturated rings. The van der Waals surface area contributed by atoms with Crippen molar-refractivity contribution in [3.63, 3.8) is 0 Å². The minimum atomic E-state index is -0.606. The smallest absolute Gasteiger partial charge is 0.148 e. The van der Waals surface area contributed by atoms with Gasteiger partial charge in [0, 0.05) is 38.5 Å². The van der Waals surface area contributed by atoms with E-state index < -0.39 is 47.8 Å². The zero-order chi connectivity index (χ0) is 44.6. The first kappa shape index (κ1) is 28.8. The molecule has 5 heteroatoms. The molecular formula is C50H44N3OPt-. The topological polar surface area (TPSA) is 50.9 Å². The number of phenolic OH excluding ortho intramolecular Hbond substituents is 1. The number of phenols is 1. The van der Waals surface area contributed by atoms with Crippen LogP contribution in [0.15, 0.2) is 152 Å². The molecule has 0 amide bonds. The molecule has 0 unspecified atom stereocenters. The molecule has 0 aliphatic heterocycles. The molecule has 55 heavy (non-hydrogen) atoms. The number of hydrogen-bond acceptors (Lipinski definition) is 3. The first-order valence-corrected chi connectivity index (χ1v) is 17.9. The first-order valence-electron chi connectivity index (χ1n) is 21.9. The van der Waals surface area contributed by atoms with Crippen molar-refractivity contribution in [3.8, 4) is 67.5 Å². The number of pyridine rings is 1. The third-order valence-electron chi connectivity index (χ3n) is 9.64. The molecule has 0 aliphatic carbocycles. The molecule has 0 spiro atoms. The van der Waals surface area contributed by atoms with Gasteiger partial charge in [-0.3, -0.25) is 9.55 Å². The van der Waals surface area contributed by atoms with Crippen LogP contribution >= 0.6 is 0 Å². The Labute approximate surface area is 350 Å². The van der Waals surface area contributed by atoms with Crippen LogP contribution in [0.25, 0.3) is 72.7 Å². The van der Waals surface area contributed by atoms with Crippen molar-refractivity contribution < 1.29 is 37.1 Å². The van der Waals surface area contributed by atoms with E-state index in [9.17, 15) is 6.48 Å². The molecule has 0 bridgehead atoms. The summed E-state index contributed by atoms with van der Waals surface area (Å²) < 4.78 is 71.0. The number of nitrogens with zero attached hydrogens (tertiary/aromatic N) is 3. The van der Waals surface area contributed by atoms with Gasteiger partial charge in [0.1, 0.15) is 11.6 Å². The van der Waals surface area contributed by atoms with Crippen LogP contribution in [0, 0.1) is 6.07 Å². The van der Waals surface area contributed by atoms with E-state index in [0.717, 1.165) is 33.5 Å². The van der Waals surface area contributed by atoms with E-state index in [1.807, 2.05) is 81.4 Å². The molecule has 2 heterocycles. The molecular weight excluding hydrogens is 854 g/mol. The standard InChI is InChI=1S/C50H44N3O.Pt/c1-49(2,3)38-24-25-44(42(32-38)34-18-11-8-12-19-34)53-45-22-15-21-40(47(45)52-48(53)41-20-13-14-23-46(41)54)36-28-37(30-39(29-36)50(4,5)6)43-31-35(26-27-51-43)33-16-9-7-10-17-33;/h7-27,29-32,54H,1-6H3;/q-1;/i7D,9D,10D,16D,17D,26D,27D,31D;. The van der Waals surface area contributed by atoms with E-state index in [1.54, 1.807) is 12.1 Å². The fraction of sp³-hybridized carbons (Fsp3) is 0.160. The monoisotopic (exact) mass is 905 g/mol. The summed E-state index contributed by atoms with van der Waals surface area (Å²) in [4.78, 5) is 9.72. The van der Waals surface area contributed by atoms with E-state index in [-0.39, 0.29) is 55.1 Å². The zero-order valence-electron chi connectivity index (χ0n) is 39.4. The molecule has 0 radical (unpaired) electrons. The van der Waals surface area contributed by atoms with Gasteiger partial charge in [0.05, 0.1) is 33.3 Å². The fourth-order valence-corrected chi connectivity index (χ4v) is 6.67. The molecule has 1 N–H and O–H groups in total. The molecule has 0 atom stereocenters. The number of hydrogen-bond donors (Lipinski definition) is 1. The number of para-hydroxylation sites is 2. The van der Waals surface area contributed by atoms with Crippen LogP contribution in [0.1, 0.15) is 63.6 Å². The number of aromatic nitrogens is 3. The number of aromatic hydroxyl groups is 1. The van der Waals surface area contributed by atoms with Crippen molar-refractivity contribution in [2.45, 2.75) is 52.4 Å². The summed E-state index contributed by atoms with van der Waals surface area (Å²) in [6.45, 7) is 12.7. The SMILES string of the molecule is [2H]c1nc(-c2[c-]c(-c3cccc4c3nc(-c3ccccc3O)n4-c3ccc(C(C)(C)C)cc3-c3ccccc3)cc(C(C)(C)C)c2)c([2H])c(-c2c([2H])c([2H])c([2H])c([2H])c2[2H])c1[2H].[Pt]. The van der Waals surface area contributed by atoms with Crippen molar-refractivity contribution in [2.24, 2.45) is 0 Å². The third-order valence-corrected chi connectivity index (χ3v) is 9.64. The van der Waals surface area contributed by atoms with Gasteiger partial charge in [-0.1, -0.05) is 150 Å². The Morgan fingerprint density at radius 3 is 2.05 bits per heavy atom. The minimum absolute atomic E-state index is 0. The molecule has 276 valence electrons. The Morgan fingerprint density at radius 1 is 0.636 bits per heavy atom. The summed E-state index contributed by atoms with van der Waals surface area (Å²) in [6.07, 6.45) is -0.520. The summed E-state index contributed by atoms with van der Waals surface area (Å²) in [5.41, 5.74) is 7.14. The van der Waals surface area contributed by atoms with Crippen molar-refractivity contribution in [3.05, 3.63) is 169 Å². The largest absolute Gasteiger partial charge is 0.507 e. The quantitative estimate of drug-likeness (QED) is 0.169. The molecule has 6 aromatic carbocycles. The second kappa shape index (κ2) is 14.9.